The predicted molar refractivity (Wildman–Crippen MR) is 62.7 cm³/mol. The minimum Gasteiger partial charge on any atom is -0.390 e. The van der Waals surface area contributed by atoms with Crippen LogP contribution < -0.4 is 5.32 Å². The molecule has 88 valence electrons. The Morgan fingerprint density at radius 2 is 2.07 bits per heavy atom. The topological polar surface area (TPSA) is 41.5 Å². The molecule has 2 N–H and O–H groups in total. The summed E-state index contributed by atoms with van der Waals surface area (Å²) in [5.74, 6) is 5.80. The van der Waals surface area contributed by atoms with Crippen LogP contribution in [0.3, 0.4) is 0 Å². The van der Waals surface area contributed by atoms with Crippen molar-refractivity contribution in [3.8, 4) is 11.8 Å². The highest BCUT2D eigenvalue weighted by atomic mass is 16.5. The van der Waals surface area contributed by atoms with Crippen LogP contribution in [0.25, 0.3) is 0 Å². The lowest BCUT2D eigenvalue weighted by atomic mass is 9.96. The molecule has 0 aliphatic carbocycles. The molecule has 0 aromatic carbocycles. The third-order valence-corrected chi connectivity index (χ3v) is 2.29. The van der Waals surface area contributed by atoms with Crippen molar-refractivity contribution in [3.05, 3.63) is 0 Å². The number of hydrogen-bond donors (Lipinski definition) is 2. The lowest BCUT2D eigenvalue weighted by Gasteiger charge is -2.22. The summed E-state index contributed by atoms with van der Waals surface area (Å²) >= 11 is 0. The fraction of sp³-hybridized carbons (Fsp3) is 0.833. The van der Waals surface area contributed by atoms with Crippen LogP contribution in [0.2, 0.25) is 0 Å². The van der Waals surface area contributed by atoms with Crippen LogP contribution in [0.15, 0.2) is 0 Å². The Morgan fingerprint density at radius 3 is 2.67 bits per heavy atom. The van der Waals surface area contributed by atoms with Gasteiger partial charge in [-0.25, -0.2) is 0 Å². The van der Waals surface area contributed by atoms with E-state index in [2.05, 4.69) is 17.2 Å². The molecule has 0 fully saturated rings. The van der Waals surface area contributed by atoms with Crippen LogP contribution in [0.4, 0.5) is 0 Å². The fourth-order valence-corrected chi connectivity index (χ4v) is 1.24. The van der Waals surface area contributed by atoms with Gasteiger partial charge in [0.1, 0.15) is 0 Å². The number of methoxy groups -OCH3 is 1. The molecule has 0 aromatic heterocycles. The van der Waals surface area contributed by atoms with Gasteiger partial charge in [0.25, 0.3) is 0 Å². The zero-order valence-electron chi connectivity index (χ0n) is 10.1. The normalized spacial score (nSPS) is 14.1. The molecule has 0 spiro atoms. The van der Waals surface area contributed by atoms with E-state index in [9.17, 15) is 5.11 Å². The molecule has 3 nitrogen and oxygen atoms in total. The van der Waals surface area contributed by atoms with Crippen LogP contribution in [-0.2, 0) is 4.74 Å². The van der Waals surface area contributed by atoms with Crippen LogP contribution in [0.1, 0.15) is 33.1 Å². The van der Waals surface area contributed by atoms with Gasteiger partial charge in [-0.15, -0.1) is 11.8 Å². The van der Waals surface area contributed by atoms with Crippen molar-refractivity contribution < 1.29 is 9.84 Å². The molecule has 0 radical (unpaired) electrons. The molecule has 3 heteroatoms. The van der Waals surface area contributed by atoms with E-state index >= 15 is 0 Å². The molecule has 0 aromatic rings. The van der Waals surface area contributed by atoms with E-state index in [1.165, 1.54) is 0 Å². The standard InChI is InChI=1S/C12H23NO2/c1-4-5-6-7-12(2,14)8-9-13-10-11-15-3/h13-14H,6-11H2,1-3H3. The molecule has 0 amide bonds. The molecule has 0 rings (SSSR count). The minimum absolute atomic E-state index is 0.607. The van der Waals surface area contributed by atoms with E-state index in [1.54, 1.807) is 7.11 Å². The summed E-state index contributed by atoms with van der Waals surface area (Å²) in [5.41, 5.74) is -0.607. The van der Waals surface area contributed by atoms with Crippen LogP contribution in [0, 0.1) is 11.8 Å². The van der Waals surface area contributed by atoms with Crippen molar-refractivity contribution in [1.82, 2.24) is 5.32 Å². The molecule has 0 aliphatic heterocycles. The number of nitrogens with one attached hydrogen (secondary N) is 1. The van der Waals surface area contributed by atoms with Gasteiger partial charge in [-0.2, -0.15) is 0 Å². The van der Waals surface area contributed by atoms with Crippen molar-refractivity contribution in [3.63, 3.8) is 0 Å². The SMILES string of the molecule is CC#CCCC(C)(O)CCNCCOC. The highest BCUT2D eigenvalue weighted by molar-refractivity contribution is 4.96. The second-order valence-electron chi connectivity index (χ2n) is 3.92. The largest absolute Gasteiger partial charge is 0.390 e. The maximum atomic E-state index is 9.96. The maximum Gasteiger partial charge on any atom is 0.0641 e. The molecular formula is C12H23NO2. The average Bonchev–Trinajstić information content (AvgIpc) is 2.17. The Bertz CT molecular complexity index is 203. The monoisotopic (exact) mass is 213 g/mol. The second kappa shape index (κ2) is 8.72. The first kappa shape index (κ1) is 14.4. The Hall–Kier alpha value is -0.560. The van der Waals surface area contributed by atoms with E-state index in [4.69, 9.17) is 4.74 Å². The third kappa shape index (κ3) is 9.74. The first-order valence-electron chi connectivity index (χ1n) is 5.44. The molecule has 0 saturated carbocycles. The summed E-state index contributed by atoms with van der Waals surface area (Å²) in [4.78, 5) is 0. The highest BCUT2D eigenvalue weighted by Crippen LogP contribution is 2.15. The zero-order chi connectivity index (χ0) is 11.6. The number of ether oxygens (including phenoxy) is 1. The fourth-order valence-electron chi connectivity index (χ4n) is 1.24. The first-order chi connectivity index (χ1) is 7.12. The highest BCUT2D eigenvalue weighted by Gasteiger charge is 2.18. The van der Waals surface area contributed by atoms with Gasteiger partial charge < -0.3 is 15.2 Å². The van der Waals surface area contributed by atoms with Crippen LogP contribution in [0.5, 0.6) is 0 Å². The van der Waals surface area contributed by atoms with Gasteiger partial charge in [0.15, 0.2) is 0 Å². The van der Waals surface area contributed by atoms with Crippen molar-refractivity contribution in [1.29, 1.82) is 0 Å². The Balaban J connectivity index is 3.49. The Kier molecular flexibility index (Phi) is 8.40. The molecule has 15 heavy (non-hydrogen) atoms. The van der Waals surface area contributed by atoms with Crippen LogP contribution >= 0.6 is 0 Å². The van der Waals surface area contributed by atoms with E-state index < -0.39 is 5.60 Å². The zero-order valence-corrected chi connectivity index (χ0v) is 10.1. The maximum absolute atomic E-state index is 9.96. The van der Waals surface area contributed by atoms with Crippen molar-refractivity contribution in [2.45, 2.75) is 38.7 Å². The van der Waals surface area contributed by atoms with Crippen molar-refractivity contribution in [2.24, 2.45) is 0 Å². The van der Waals surface area contributed by atoms with Crippen molar-refractivity contribution >= 4 is 0 Å². The van der Waals surface area contributed by atoms with Gasteiger partial charge in [0.05, 0.1) is 12.2 Å². The van der Waals surface area contributed by atoms with Gasteiger partial charge in [0, 0.05) is 20.1 Å². The number of rotatable bonds is 8. The first-order valence-corrected chi connectivity index (χ1v) is 5.44. The quantitative estimate of drug-likeness (QED) is 0.470. The molecule has 0 bridgehead atoms. The van der Waals surface area contributed by atoms with Crippen LogP contribution in [-0.4, -0.2) is 37.5 Å². The Labute approximate surface area is 93.2 Å². The van der Waals surface area contributed by atoms with Gasteiger partial charge in [-0.3, -0.25) is 0 Å². The smallest absolute Gasteiger partial charge is 0.0641 e. The third-order valence-electron chi connectivity index (χ3n) is 2.29. The molecule has 1 atom stereocenters. The Morgan fingerprint density at radius 1 is 1.33 bits per heavy atom. The predicted octanol–water partition coefficient (Wildman–Crippen LogP) is 1.17. The average molecular weight is 213 g/mol. The lowest BCUT2D eigenvalue weighted by Crippen LogP contribution is -2.31. The van der Waals surface area contributed by atoms with Gasteiger partial charge in [0.2, 0.25) is 0 Å². The van der Waals surface area contributed by atoms with Gasteiger partial charge >= 0.3 is 0 Å². The molecular weight excluding hydrogens is 190 g/mol. The van der Waals surface area contributed by atoms with E-state index in [0.717, 1.165) is 32.4 Å². The lowest BCUT2D eigenvalue weighted by molar-refractivity contribution is 0.0434. The summed E-state index contributed by atoms with van der Waals surface area (Å²) in [6.07, 6.45) is 2.25. The van der Waals surface area contributed by atoms with E-state index in [1.807, 2.05) is 13.8 Å². The summed E-state index contributed by atoms with van der Waals surface area (Å²) in [5, 5.41) is 13.2. The van der Waals surface area contributed by atoms with E-state index in [-0.39, 0.29) is 0 Å². The van der Waals surface area contributed by atoms with Crippen molar-refractivity contribution in [2.75, 3.05) is 26.8 Å². The molecule has 0 aliphatic rings. The summed E-state index contributed by atoms with van der Waals surface area (Å²) in [6, 6.07) is 0. The number of aliphatic hydroxyl groups is 1. The van der Waals surface area contributed by atoms with Gasteiger partial charge in [-0.05, 0) is 33.2 Å². The summed E-state index contributed by atoms with van der Waals surface area (Å²) in [7, 11) is 1.68. The second-order valence-corrected chi connectivity index (χ2v) is 3.92. The molecule has 0 heterocycles. The number of hydrogen-bond acceptors (Lipinski definition) is 3. The molecule has 1 unspecified atom stereocenters. The van der Waals surface area contributed by atoms with Gasteiger partial charge in [-0.1, -0.05) is 0 Å². The summed E-state index contributed by atoms with van der Waals surface area (Å²) < 4.78 is 4.91. The van der Waals surface area contributed by atoms with E-state index in [0.29, 0.717) is 6.61 Å². The molecule has 0 saturated heterocycles. The minimum atomic E-state index is -0.607. The summed E-state index contributed by atoms with van der Waals surface area (Å²) in [6.45, 7) is 6.05.